The molecular formula is C18H21N3O4. The van der Waals surface area contributed by atoms with Gasteiger partial charge >= 0.3 is 0 Å². The third kappa shape index (κ3) is 3.65. The van der Waals surface area contributed by atoms with Gasteiger partial charge in [-0.2, -0.15) is 0 Å². The summed E-state index contributed by atoms with van der Waals surface area (Å²) < 4.78 is 5.15. The molecule has 0 spiro atoms. The number of amides is 2. The minimum atomic E-state index is -0.415. The monoisotopic (exact) mass is 343 g/mol. The van der Waals surface area contributed by atoms with Crippen LogP contribution in [0.15, 0.2) is 33.7 Å². The van der Waals surface area contributed by atoms with Crippen molar-refractivity contribution in [2.45, 2.75) is 32.7 Å². The third-order valence-corrected chi connectivity index (χ3v) is 4.52. The number of nitrogens with zero attached hydrogens (tertiary/aromatic N) is 1. The Bertz CT molecular complexity index is 839. The largest absolute Gasteiger partial charge is 0.459 e. The molecule has 1 atom stereocenters. The topological polar surface area (TPSA) is 95.4 Å². The highest BCUT2D eigenvalue weighted by Gasteiger charge is 2.27. The SMILES string of the molecule is Cc1cc(C(=O)N[C@@H]2CCCN(C(=O)c3ccco3)C2)c(=O)[nH]c1C. The average Bonchev–Trinajstić information content (AvgIpc) is 3.12. The molecule has 1 aliphatic heterocycles. The number of carbonyl (C=O) groups is 2. The van der Waals surface area contributed by atoms with Crippen LogP contribution in [0, 0.1) is 13.8 Å². The van der Waals surface area contributed by atoms with Crippen LogP contribution in [0.5, 0.6) is 0 Å². The van der Waals surface area contributed by atoms with E-state index in [9.17, 15) is 14.4 Å². The zero-order valence-electron chi connectivity index (χ0n) is 14.3. The molecule has 0 bridgehead atoms. The number of aromatic nitrogens is 1. The highest BCUT2D eigenvalue weighted by atomic mass is 16.3. The molecule has 0 unspecified atom stereocenters. The number of hydrogen-bond acceptors (Lipinski definition) is 4. The number of furan rings is 1. The Morgan fingerprint density at radius 2 is 2.16 bits per heavy atom. The summed E-state index contributed by atoms with van der Waals surface area (Å²) in [6.07, 6.45) is 3.00. The fourth-order valence-corrected chi connectivity index (χ4v) is 2.99. The molecule has 25 heavy (non-hydrogen) atoms. The number of carbonyl (C=O) groups excluding carboxylic acids is 2. The number of hydrogen-bond donors (Lipinski definition) is 2. The van der Waals surface area contributed by atoms with E-state index in [0.29, 0.717) is 13.1 Å². The van der Waals surface area contributed by atoms with Crippen molar-refractivity contribution >= 4 is 11.8 Å². The molecule has 7 heteroatoms. The van der Waals surface area contributed by atoms with E-state index in [4.69, 9.17) is 4.42 Å². The Kier molecular flexibility index (Phi) is 4.74. The molecule has 1 fully saturated rings. The molecule has 1 saturated heterocycles. The molecular weight excluding hydrogens is 322 g/mol. The predicted molar refractivity (Wildman–Crippen MR) is 91.6 cm³/mol. The Balaban J connectivity index is 1.68. The van der Waals surface area contributed by atoms with Gasteiger partial charge in [-0.15, -0.1) is 0 Å². The van der Waals surface area contributed by atoms with Crippen LogP contribution in [0.25, 0.3) is 0 Å². The number of pyridine rings is 1. The number of likely N-dealkylation sites (tertiary alicyclic amines) is 1. The van der Waals surface area contributed by atoms with Crippen molar-refractivity contribution in [2.75, 3.05) is 13.1 Å². The number of aromatic amines is 1. The van der Waals surface area contributed by atoms with Crippen LogP contribution >= 0.6 is 0 Å². The van der Waals surface area contributed by atoms with E-state index in [1.54, 1.807) is 30.0 Å². The normalized spacial score (nSPS) is 17.4. The van der Waals surface area contributed by atoms with E-state index in [0.717, 1.165) is 24.1 Å². The predicted octanol–water partition coefficient (Wildman–Crippen LogP) is 1.62. The van der Waals surface area contributed by atoms with Crippen LogP contribution in [-0.4, -0.2) is 40.8 Å². The smallest absolute Gasteiger partial charge is 0.289 e. The Hall–Kier alpha value is -2.83. The minimum absolute atomic E-state index is 0.0950. The minimum Gasteiger partial charge on any atom is -0.459 e. The highest BCUT2D eigenvalue weighted by molar-refractivity contribution is 5.94. The quantitative estimate of drug-likeness (QED) is 0.885. The summed E-state index contributed by atoms with van der Waals surface area (Å²) in [6, 6.07) is 4.70. The maximum absolute atomic E-state index is 12.4. The van der Waals surface area contributed by atoms with E-state index in [1.807, 2.05) is 6.92 Å². The van der Waals surface area contributed by atoms with E-state index in [1.165, 1.54) is 6.26 Å². The number of piperidine rings is 1. The first-order valence-electron chi connectivity index (χ1n) is 8.30. The van der Waals surface area contributed by atoms with Crippen molar-refractivity contribution < 1.29 is 14.0 Å². The first-order valence-corrected chi connectivity index (χ1v) is 8.30. The average molecular weight is 343 g/mol. The van der Waals surface area contributed by atoms with Crippen molar-refractivity contribution in [3.05, 3.63) is 57.4 Å². The summed E-state index contributed by atoms with van der Waals surface area (Å²) in [5.41, 5.74) is 1.29. The van der Waals surface area contributed by atoms with E-state index < -0.39 is 11.5 Å². The maximum Gasteiger partial charge on any atom is 0.289 e. The second kappa shape index (κ2) is 6.96. The number of nitrogens with one attached hydrogen (secondary N) is 2. The Morgan fingerprint density at radius 3 is 2.88 bits per heavy atom. The van der Waals surface area contributed by atoms with Crippen molar-refractivity contribution in [1.29, 1.82) is 0 Å². The fraction of sp³-hybridized carbons (Fsp3) is 0.389. The molecule has 0 radical (unpaired) electrons. The van der Waals surface area contributed by atoms with Crippen LogP contribution in [0.4, 0.5) is 0 Å². The van der Waals surface area contributed by atoms with E-state index in [-0.39, 0.29) is 23.3 Å². The molecule has 2 aromatic rings. The van der Waals surface area contributed by atoms with Crippen molar-refractivity contribution in [1.82, 2.24) is 15.2 Å². The summed E-state index contributed by atoms with van der Waals surface area (Å²) in [6.45, 7) is 4.65. The zero-order chi connectivity index (χ0) is 18.0. The van der Waals surface area contributed by atoms with Crippen molar-refractivity contribution in [2.24, 2.45) is 0 Å². The molecule has 2 N–H and O–H groups in total. The van der Waals surface area contributed by atoms with Gasteiger partial charge < -0.3 is 19.6 Å². The second-order valence-corrected chi connectivity index (χ2v) is 6.36. The summed E-state index contributed by atoms with van der Waals surface area (Å²) in [5, 5.41) is 2.87. The fourth-order valence-electron chi connectivity index (χ4n) is 2.99. The van der Waals surface area contributed by atoms with E-state index >= 15 is 0 Å². The lowest BCUT2D eigenvalue weighted by molar-refractivity contribution is 0.0646. The lowest BCUT2D eigenvalue weighted by Crippen LogP contribution is -2.50. The van der Waals surface area contributed by atoms with Gasteiger partial charge in [-0.1, -0.05) is 0 Å². The van der Waals surface area contributed by atoms with Crippen LogP contribution in [0.1, 0.15) is 45.0 Å². The van der Waals surface area contributed by atoms with Gasteiger partial charge in [0.1, 0.15) is 5.56 Å². The molecule has 3 rings (SSSR count). The van der Waals surface area contributed by atoms with Gasteiger partial charge in [-0.25, -0.2) is 0 Å². The van der Waals surface area contributed by atoms with Gasteiger partial charge in [-0.05, 0) is 50.5 Å². The van der Waals surface area contributed by atoms with Crippen LogP contribution in [0.3, 0.4) is 0 Å². The van der Waals surface area contributed by atoms with E-state index in [2.05, 4.69) is 10.3 Å². The molecule has 1 aliphatic rings. The van der Waals surface area contributed by atoms with Crippen LogP contribution in [-0.2, 0) is 0 Å². The summed E-state index contributed by atoms with van der Waals surface area (Å²) in [5.74, 6) is -0.313. The molecule has 7 nitrogen and oxygen atoms in total. The van der Waals surface area contributed by atoms with Gasteiger partial charge in [0.15, 0.2) is 5.76 Å². The second-order valence-electron chi connectivity index (χ2n) is 6.36. The van der Waals surface area contributed by atoms with Gasteiger partial charge in [-0.3, -0.25) is 14.4 Å². The highest BCUT2D eigenvalue weighted by Crippen LogP contribution is 2.15. The molecule has 2 amide bonds. The lowest BCUT2D eigenvalue weighted by atomic mass is 10.0. The Labute approximate surface area is 145 Å². The molecule has 132 valence electrons. The third-order valence-electron chi connectivity index (χ3n) is 4.52. The standard InChI is InChI=1S/C18H21N3O4/c1-11-9-14(16(22)19-12(11)2)17(23)20-13-5-3-7-21(10-13)18(24)15-6-4-8-25-15/h4,6,8-9,13H,3,5,7,10H2,1-2H3,(H,19,22)(H,20,23)/t13-/m1/s1. The van der Waals surface area contributed by atoms with Gasteiger partial charge in [0.2, 0.25) is 0 Å². The molecule has 0 aliphatic carbocycles. The number of aryl methyl sites for hydroxylation is 2. The molecule has 0 saturated carbocycles. The Morgan fingerprint density at radius 1 is 1.36 bits per heavy atom. The molecule has 3 heterocycles. The summed E-state index contributed by atoms with van der Waals surface area (Å²) in [4.78, 5) is 41.2. The van der Waals surface area contributed by atoms with Crippen LogP contribution < -0.4 is 10.9 Å². The summed E-state index contributed by atoms with van der Waals surface area (Å²) >= 11 is 0. The van der Waals surface area contributed by atoms with Crippen molar-refractivity contribution in [3.63, 3.8) is 0 Å². The first-order chi connectivity index (χ1) is 12.0. The number of H-pyrrole nitrogens is 1. The van der Waals surface area contributed by atoms with Crippen LogP contribution in [0.2, 0.25) is 0 Å². The first kappa shape index (κ1) is 17.0. The molecule has 2 aromatic heterocycles. The zero-order valence-corrected chi connectivity index (χ0v) is 14.3. The van der Waals surface area contributed by atoms with Gasteiger partial charge in [0.25, 0.3) is 17.4 Å². The number of rotatable bonds is 3. The lowest BCUT2D eigenvalue weighted by Gasteiger charge is -2.32. The van der Waals surface area contributed by atoms with Gasteiger partial charge in [0, 0.05) is 24.8 Å². The molecule has 0 aromatic carbocycles. The maximum atomic E-state index is 12.4. The van der Waals surface area contributed by atoms with Crippen molar-refractivity contribution in [3.8, 4) is 0 Å². The summed E-state index contributed by atoms with van der Waals surface area (Å²) in [7, 11) is 0. The van der Waals surface area contributed by atoms with Gasteiger partial charge in [0.05, 0.1) is 6.26 Å².